The zero-order chi connectivity index (χ0) is 20.5. The minimum atomic E-state index is -0.358. The standard InChI is InChI=1S/C23H22FN3O2/c1-14-13-18(15(2)27(14)21-10-6-4-8-19(21)24)23(29)26-20-9-5-3-7-17(20)22(28)25-16-11-12-16/h3-10,13,16H,11-12H2,1-2H3,(H,25,28)(H,26,29). The van der Waals surface area contributed by atoms with Crippen molar-refractivity contribution < 1.29 is 14.0 Å². The van der Waals surface area contributed by atoms with Crippen molar-refractivity contribution in [2.24, 2.45) is 0 Å². The van der Waals surface area contributed by atoms with Crippen molar-refractivity contribution in [2.75, 3.05) is 5.32 Å². The molecule has 0 aliphatic heterocycles. The Bertz CT molecular complexity index is 1100. The predicted molar refractivity (Wildman–Crippen MR) is 110 cm³/mol. The number of nitrogens with zero attached hydrogens (tertiary/aromatic N) is 1. The highest BCUT2D eigenvalue weighted by atomic mass is 19.1. The molecule has 1 fully saturated rings. The van der Waals surface area contributed by atoms with Gasteiger partial charge >= 0.3 is 0 Å². The normalized spacial score (nSPS) is 13.2. The van der Waals surface area contributed by atoms with Crippen molar-refractivity contribution in [3.8, 4) is 5.69 Å². The number of carbonyl (C=O) groups excluding carboxylic acids is 2. The van der Waals surface area contributed by atoms with Gasteiger partial charge < -0.3 is 15.2 Å². The molecular formula is C23H22FN3O2. The molecule has 0 bridgehead atoms. The van der Waals surface area contributed by atoms with Crippen molar-refractivity contribution in [3.05, 3.63) is 82.9 Å². The van der Waals surface area contributed by atoms with E-state index >= 15 is 0 Å². The number of aryl methyl sites for hydroxylation is 1. The number of halogens is 1. The molecule has 2 aromatic carbocycles. The van der Waals surface area contributed by atoms with Crippen LogP contribution in [-0.4, -0.2) is 22.4 Å². The molecule has 0 radical (unpaired) electrons. The molecule has 1 aliphatic rings. The molecular weight excluding hydrogens is 369 g/mol. The van der Waals surface area contributed by atoms with E-state index in [1.807, 2.05) is 6.92 Å². The Balaban J connectivity index is 1.63. The maximum atomic E-state index is 14.3. The summed E-state index contributed by atoms with van der Waals surface area (Å²) in [7, 11) is 0. The zero-order valence-corrected chi connectivity index (χ0v) is 16.3. The van der Waals surface area contributed by atoms with Gasteiger partial charge in [-0.15, -0.1) is 0 Å². The molecule has 6 heteroatoms. The van der Waals surface area contributed by atoms with Gasteiger partial charge in [0.25, 0.3) is 11.8 Å². The van der Waals surface area contributed by atoms with E-state index in [0.29, 0.717) is 28.2 Å². The summed E-state index contributed by atoms with van der Waals surface area (Å²) < 4.78 is 16.0. The fraction of sp³-hybridized carbons (Fsp3) is 0.217. The van der Waals surface area contributed by atoms with Crippen LogP contribution in [0.1, 0.15) is 44.9 Å². The number of nitrogens with one attached hydrogen (secondary N) is 2. The summed E-state index contributed by atoms with van der Waals surface area (Å²) >= 11 is 0. The first-order valence-corrected chi connectivity index (χ1v) is 9.61. The molecule has 1 heterocycles. The van der Waals surface area contributed by atoms with Crippen LogP contribution >= 0.6 is 0 Å². The monoisotopic (exact) mass is 391 g/mol. The van der Waals surface area contributed by atoms with E-state index in [1.165, 1.54) is 6.07 Å². The summed E-state index contributed by atoms with van der Waals surface area (Å²) in [5, 5.41) is 5.78. The quantitative estimate of drug-likeness (QED) is 0.678. The Hall–Kier alpha value is -3.41. The minimum absolute atomic E-state index is 0.194. The third kappa shape index (κ3) is 3.78. The smallest absolute Gasteiger partial charge is 0.257 e. The van der Waals surface area contributed by atoms with Crippen LogP contribution in [0.3, 0.4) is 0 Å². The first-order chi connectivity index (χ1) is 14.0. The summed E-state index contributed by atoms with van der Waals surface area (Å²) in [4.78, 5) is 25.4. The van der Waals surface area contributed by atoms with Gasteiger partial charge in [-0.2, -0.15) is 0 Å². The summed E-state index contributed by atoms with van der Waals surface area (Å²) in [5.74, 6) is -0.893. The number of hydrogen-bond donors (Lipinski definition) is 2. The number of amides is 2. The van der Waals surface area contributed by atoms with E-state index < -0.39 is 0 Å². The van der Waals surface area contributed by atoms with Gasteiger partial charge in [-0.25, -0.2) is 4.39 Å². The van der Waals surface area contributed by atoms with E-state index in [2.05, 4.69) is 10.6 Å². The molecule has 5 nitrogen and oxygen atoms in total. The Morgan fingerprint density at radius 2 is 1.66 bits per heavy atom. The van der Waals surface area contributed by atoms with Gasteiger partial charge in [0.2, 0.25) is 0 Å². The molecule has 2 amide bonds. The average Bonchev–Trinajstić information content (AvgIpc) is 3.46. The Kier molecular flexibility index (Phi) is 4.92. The largest absolute Gasteiger partial charge is 0.349 e. The molecule has 148 valence electrons. The lowest BCUT2D eigenvalue weighted by molar-refractivity contribution is 0.0952. The van der Waals surface area contributed by atoms with Crippen molar-refractivity contribution >= 4 is 17.5 Å². The number of hydrogen-bond acceptors (Lipinski definition) is 2. The fourth-order valence-electron chi connectivity index (χ4n) is 3.47. The number of rotatable bonds is 5. The second kappa shape index (κ2) is 7.54. The first-order valence-electron chi connectivity index (χ1n) is 9.61. The van der Waals surface area contributed by atoms with Crippen molar-refractivity contribution in [2.45, 2.75) is 32.7 Å². The van der Waals surface area contributed by atoms with Crippen LogP contribution in [0.25, 0.3) is 5.69 Å². The maximum Gasteiger partial charge on any atom is 0.257 e. The van der Waals surface area contributed by atoms with Gasteiger partial charge in [0.1, 0.15) is 5.82 Å². The van der Waals surface area contributed by atoms with E-state index in [9.17, 15) is 14.0 Å². The van der Waals surface area contributed by atoms with Crippen LogP contribution in [0.15, 0.2) is 54.6 Å². The summed E-state index contributed by atoms with van der Waals surface area (Å²) in [5.41, 5.74) is 3.08. The average molecular weight is 391 g/mol. The molecule has 29 heavy (non-hydrogen) atoms. The van der Waals surface area contributed by atoms with Gasteiger partial charge in [-0.05, 0) is 57.0 Å². The lowest BCUT2D eigenvalue weighted by Crippen LogP contribution is -2.27. The van der Waals surface area contributed by atoms with Crippen LogP contribution < -0.4 is 10.6 Å². The fourth-order valence-corrected chi connectivity index (χ4v) is 3.47. The molecule has 2 N–H and O–H groups in total. The first kappa shape index (κ1) is 18.9. The highest BCUT2D eigenvalue weighted by molar-refractivity contribution is 6.09. The second-order valence-corrected chi connectivity index (χ2v) is 7.32. The number of carbonyl (C=O) groups is 2. The second-order valence-electron chi connectivity index (χ2n) is 7.32. The molecule has 0 saturated heterocycles. The molecule has 0 atom stereocenters. The van der Waals surface area contributed by atoms with Gasteiger partial charge in [-0.1, -0.05) is 24.3 Å². The minimum Gasteiger partial charge on any atom is -0.349 e. The highest BCUT2D eigenvalue weighted by Gasteiger charge is 2.25. The molecule has 0 spiro atoms. The van der Waals surface area contributed by atoms with Gasteiger partial charge in [0.05, 0.1) is 22.5 Å². The molecule has 3 aromatic rings. The summed E-state index contributed by atoms with van der Waals surface area (Å²) in [6.45, 7) is 3.60. The maximum absolute atomic E-state index is 14.3. The highest BCUT2D eigenvalue weighted by Crippen LogP contribution is 2.25. The van der Waals surface area contributed by atoms with Gasteiger partial charge in [0, 0.05) is 17.4 Å². The lowest BCUT2D eigenvalue weighted by atomic mass is 10.1. The van der Waals surface area contributed by atoms with E-state index in [-0.39, 0.29) is 23.7 Å². The molecule has 1 aromatic heterocycles. The van der Waals surface area contributed by atoms with Crippen molar-refractivity contribution in [1.29, 1.82) is 0 Å². The predicted octanol–water partition coefficient (Wildman–Crippen LogP) is 4.38. The topological polar surface area (TPSA) is 63.1 Å². The van der Waals surface area contributed by atoms with Gasteiger partial charge in [-0.3, -0.25) is 9.59 Å². The van der Waals surface area contributed by atoms with Crippen molar-refractivity contribution in [3.63, 3.8) is 0 Å². The van der Waals surface area contributed by atoms with E-state index in [4.69, 9.17) is 0 Å². The van der Waals surface area contributed by atoms with Gasteiger partial charge in [0.15, 0.2) is 0 Å². The summed E-state index contributed by atoms with van der Waals surface area (Å²) in [6, 6.07) is 15.3. The Labute approximate surface area is 168 Å². The Morgan fingerprint density at radius 1 is 0.966 bits per heavy atom. The van der Waals surface area contributed by atoms with Crippen molar-refractivity contribution in [1.82, 2.24) is 9.88 Å². The molecule has 4 rings (SSSR count). The SMILES string of the molecule is Cc1cc(C(=O)Nc2ccccc2C(=O)NC2CC2)c(C)n1-c1ccccc1F. The van der Waals surface area contributed by atoms with Crippen LogP contribution in [0.4, 0.5) is 10.1 Å². The summed E-state index contributed by atoms with van der Waals surface area (Å²) in [6.07, 6.45) is 1.98. The van der Waals surface area contributed by atoms with Crippen LogP contribution in [0, 0.1) is 19.7 Å². The lowest BCUT2D eigenvalue weighted by Gasteiger charge is -2.12. The van der Waals surface area contributed by atoms with Crippen LogP contribution in [0.5, 0.6) is 0 Å². The molecule has 0 unspecified atom stereocenters. The van der Waals surface area contributed by atoms with E-state index in [1.54, 1.807) is 60.0 Å². The van der Waals surface area contributed by atoms with Crippen LogP contribution in [-0.2, 0) is 0 Å². The number of benzene rings is 2. The number of para-hydroxylation sites is 2. The van der Waals surface area contributed by atoms with Crippen LogP contribution in [0.2, 0.25) is 0 Å². The molecule has 1 saturated carbocycles. The third-order valence-electron chi connectivity index (χ3n) is 5.10. The number of anilines is 1. The van der Waals surface area contributed by atoms with E-state index in [0.717, 1.165) is 18.5 Å². The Morgan fingerprint density at radius 3 is 2.38 bits per heavy atom. The number of aromatic nitrogens is 1. The molecule has 1 aliphatic carbocycles. The third-order valence-corrected chi connectivity index (χ3v) is 5.10. The zero-order valence-electron chi connectivity index (χ0n) is 16.3.